The quantitative estimate of drug-likeness (QED) is 0.0199. The number of ether oxygens (including phenoxy) is 4. The lowest BCUT2D eigenvalue weighted by Crippen LogP contribution is -2.60. The van der Waals surface area contributed by atoms with Gasteiger partial charge in [-0.25, -0.2) is 0 Å². The molecule has 60 heavy (non-hydrogen) atoms. The number of carbonyl (C=O) groups excluding carboxylic acids is 2. The Bertz CT molecular complexity index is 1250. The average Bonchev–Trinajstić information content (AvgIpc) is 3.21. The molecule has 0 spiro atoms. The first-order chi connectivity index (χ1) is 29.0. The zero-order valence-corrected chi connectivity index (χ0v) is 38.1. The Morgan fingerprint density at radius 2 is 1.00 bits per heavy atom. The molecule has 0 aromatic heterocycles. The minimum atomic E-state index is -4.60. The minimum Gasteiger partial charge on any atom is -0.462 e. The summed E-state index contributed by atoms with van der Waals surface area (Å²) in [7, 11) is -4.60. The number of allylic oxidation sites excluding steroid dienone is 6. The maximum Gasteiger partial charge on any atom is 0.306 e. The molecule has 0 aromatic carbocycles. The molecular weight excluding hydrogens is 789 g/mol. The van der Waals surface area contributed by atoms with Gasteiger partial charge in [0, 0.05) is 12.8 Å². The van der Waals surface area contributed by atoms with Crippen LogP contribution in [0.1, 0.15) is 194 Å². The van der Waals surface area contributed by atoms with Crippen LogP contribution in [0.4, 0.5) is 0 Å². The molecule has 1 rings (SSSR count). The molecule has 0 saturated carbocycles. The van der Waals surface area contributed by atoms with Crippen LogP contribution in [0.5, 0.6) is 0 Å². The van der Waals surface area contributed by atoms with Crippen LogP contribution in [0.2, 0.25) is 0 Å². The fourth-order valence-corrected chi connectivity index (χ4v) is 7.69. The fraction of sp³-hybridized carbons (Fsp3) is 0.830. The SMILES string of the molecule is CCCCC/C=C/C/C=C/CCCCCCCC(=O)O[C@H](COC(=O)CCCCCCCCCCC/C=C/CCCCCC)CO[C@H]1O[C@H](CS(=O)(=O)O)[C@@H](O)C(O)C1O. The van der Waals surface area contributed by atoms with Crippen LogP contribution in [-0.2, 0) is 38.7 Å². The van der Waals surface area contributed by atoms with Crippen LogP contribution in [0, 0.1) is 0 Å². The molecule has 1 heterocycles. The normalized spacial score (nSPS) is 20.4. The summed E-state index contributed by atoms with van der Waals surface area (Å²) < 4.78 is 54.1. The molecule has 4 N–H and O–H groups in total. The van der Waals surface area contributed by atoms with Crippen LogP contribution in [0.25, 0.3) is 0 Å². The second kappa shape index (κ2) is 37.4. The molecule has 0 aromatic rings. The second-order valence-corrected chi connectivity index (χ2v) is 17.9. The molecule has 0 radical (unpaired) electrons. The zero-order valence-electron chi connectivity index (χ0n) is 37.3. The van der Waals surface area contributed by atoms with Gasteiger partial charge in [-0.3, -0.25) is 14.1 Å². The van der Waals surface area contributed by atoms with Crippen LogP contribution >= 0.6 is 0 Å². The molecule has 1 aliphatic rings. The largest absolute Gasteiger partial charge is 0.462 e. The molecule has 0 bridgehead atoms. The van der Waals surface area contributed by atoms with Gasteiger partial charge in [-0.2, -0.15) is 8.42 Å². The Hall–Kier alpha value is -2.13. The van der Waals surface area contributed by atoms with E-state index in [-0.39, 0.29) is 19.4 Å². The van der Waals surface area contributed by atoms with Crippen LogP contribution in [0.3, 0.4) is 0 Å². The van der Waals surface area contributed by atoms with Crippen molar-refractivity contribution in [3.8, 4) is 0 Å². The number of hydrogen-bond donors (Lipinski definition) is 4. The van der Waals surface area contributed by atoms with Gasteiger partial charge in [0.05, 0.1) is 6.61 Å². The van der Waals surface area contributed by atoms with Crippen LogP contribution in [0.15, 0.2) is 36.5 Å². The van der Waals surface area contributed by atoms with Crippen molar-refractivity contribution in [1.82, 2.24) is 0 Å². The van der Waals surface area contributed by atoms with Crippen LogP contribution in [-0.4, -0.2) is 96.0 Å². The highest BCUT2D eigenvalue weighted by Crippen LogP contribution is 2.24. The maximum atomic E-state index is 12.8. The number of hydrogen-bond acceptors (Lipinski definition) is 11. The zero-order chi connectivity index (χ0) is 44.1. The number of aliphatic hydroxyl groups is 3. The summed E-state index contributed by atoms with van der Waals surface area (Å²) in [6.07, 6.45) is 33.2. The molecule has 1 saturated heterocycles. The van der Waals surface area contributed by atoms with Gasteiger partial charge in [0.25, 0.3) is 10.1 Å². The third-order valence-corrected chi connectivity index (χ3v) is 11.4. The summed E-state index contributed by atoms with van der Waals surface area (Å²) in [6.45, 7) is 3.71. The van der Waals surface area contributed by atoms with Crippen molar-refractivity contribution in [2.75, 3.05) is 19.0 Å². The Morgan fingerprint density at radius 3 is 1.52 bits per heavy atom. The lowest BCUT2D eigenvalue weighted by molar-refractivity contribution is -0.297. The molecular formula is C47H84O12S. The van der Waals surface area contributed by atoms with E-state index in [0.29, 0.717) is 12.8 Å². The summed E-state index contributed by atoms with van der Waals surface area (Å²) in [5.74, 6) is -2.00. The predicted molar refractivity (Wildman–Crippen MR) is 238 cm³/mol. The lowest BCUT2D eigenvalue weighted by atomic mass is 10.00. The molecule has 0 amide bonds. The van der Waals surface area contributed by atoms with E-state index >= 15 is 0 Å². The molecule has 350 valence electrons. The van der Waals surface area contributed by atoms with E-state index < -0.39 is 71.2 Å². The Balaban J connectivity index is 2.43. The van der Waals surface area contributed by atoms with E-state index in [4.69, 9.17) is 18.9 Å². The van der Waals surface area contributed by atoms with E-state index in [9.17, 15) is 37.9 Å². The van der Waals surface area contributed by atoms with E-state index in [0.717, 1.165) is 64.2 Å². The topological polar surface area (TPSA) is 186 Å². The van der Waals surface area contributed by atoms with Gasteiger partial charge in [-0.15, -0.1) is 0 Å². The lowest BCUT2D eigenvalue weighted by Gasteiger charge is -2.40. The molecule has 6 atom stereocenters. The summed E-state index contributed by atoms with van der Waals surface area (Å²) in [4.78, 5) is 25.4. The molecule has 2 unspecified atom stereocenters. The van der Waals surface area contributed by atoms with E-state index in [1.54, 1.807) is 0 Å². The highest BCUT2D eigenvalue weighted by molar-refractivity contribution is 7.85. The minimum absolute atomic E-state index is 0.148. The number of aliphatic hydroxyl groups excluding tert-OH is 3. The van der Waals surface area contributed by atoms with Gasteiger partial charge < -0.3 is 34.3 Å². The number of unbranched alkanes of at least 4 members (excludes halogenated alkanes) is 21. The summed E-state index contributed by atoms with van der Waals surface area (Å²) in [5, 5.41) is 30.9. The van der Waals surface area contributed by atoms with Crippen molar-refractivity contribution < 1.29 is 56.8 Å². The third kappa shape index (κ3) is 31.7. The van der Waals surface area contributed by atoms with Gasteiger partial charge >= 0.3 is 11.9 Å². The highest BCUT2D eigenvalue weighted by atomic mass is 32.2. The summed E-state index contributed by atoms with van der Waals surface area (Å²) >= 11 is 0. The molecule has 1 aliphatic heterocycles. The van der Waals surface area contributed by atoms with Crippen molar-refractivity contribution in [2.24, 2.45) is 0 Å². The summed E-state index contributed by atoms with van der Waals surface area (Å²) in [5.41, 5.74) is 0. The molecule has 13 heteroatoms. The van der Waals surface area contributed by atoms with Crippen molar-refractivity contribution in [2.45, 2.75) is 230 Å². The van der Waals surface area contributed by atoms with Crippen molar-refractivity contribution in [1.29, 1.82) is 0 Å². The standard InChI is InChI=1S/C47H84O12S/c1-3-5-7-9-11-13-15-17-19-20-22-23-25-27-29-31-33-35-42(48)56-37-40(38-57-47-46(52)45(51)44(50)41(59-47)39-60(53,54)55)58-43(49)36-34-32-30-28-26-24-21-18-16-14-12-10-8-6-4-2/h12-15,18,21,40-41,44-47,50-52H,3-11,16-17,19-20,22-39H2,1-2H3,(H,53,54,55)/b14-12+,15-13+,21-18+/t40-,41-,44-,45?,46?,47+/m1/s1. The monoisotopic (exact) mass is 873 g/mol. The van der Waals surface area contributed by atoms with E-state index in [2.05, 4.69) is 50.3 Å². The van der Waals surface area contributed by atoms with Gasteiger partial charge in [-0.05, 0) is 70.6 Å². The Kier molecular flexibility index (Phi) is 34.9. The van der Waals surface area contributed by atoms with Crippen molar-refractivity contribution in [3.05, 3.63) is 36.5 Å². The number of esters is 2. The smallest absolute Gasteiger partial charge is 0.306 e. The average molecular weight is 873 g/mol. The summed E-state index contributed by atoms with van der Waals surface area (Å²) in [6, 6.07) is 0. The third-order valence-electron chi connectivity index (χ3n) is 10.7. The Morgan fingerprint density at radius 1 is 0.567 bits per heavy atom. The van der Waals surface area contributed by atoms with Crippen molar-refractivity contribution >= 4 is 22.1 Å². The Labute approximate surface area is 363 Å². The van der Waals surface area contributed by atoms with Crippen LogP contribution < -0.4 is 0 Å². The highest BCUT2D eigenvalue weighted by Gasteiger charge is 2.46. The fourth-order valence-electron chi connectivity index (χ4n) is 7.00. The van der Waals surface area contributed by atoms with E-state index in [1.807, 2.05) is 0 Å². The van der Waals surface area contributed by atoms with Gasteiger partial charge in [0.15, 0.2) is 12.4 Å². The van der Waals surface area contributed by atoms with Gasteiger partial charge in [0.2, 0.25) is 0 Å². The number of rotatable bonds is 39. The predicted octanol–water partition coefficient (Wildman–Crippen LogP) is 9.78. The second-order valence-electron chi connectivity index (χ2n) is 16.4. The van der Waals surface area contributed by atoms with Crippen molar-refractivity contribution in [3.63, 3.8) is 0 Å². The first-order valence-corrected chi connectivity index (χ1v) is 25.2. The first kappa shape index (κ1) is 55.9. The van der Waals surface area contributed by atoms with Gasteiger partial charge in [0.1, 0.15) is 36.8 Å². The van der Waals surface area contributed by atoms with Gasteiger partial charge in [-0.1, -0.05) is 147 Å². The molecule has 12 nitrogen and oxygen atoms in total. The molecule has 1 fully saturated rings. The maximum absolute atomic E-state index is 12.8. The first-order valence-electron chi connectivity index (χ1n) is 23.5. The van der Waals surface area contributed by atoms with E-state index in [1.165, 1.54) is 89.9 Å². The molecule has 0 aliphatic carbocycles. The number of carbonyl (C=O) groups is 2.